The number of benzene rings is 1. The van der Waals surface area contributed by atoms with E-state index in [1.165, 1.54) is 11.6 Å². The number of aromatic carboxylic acids is 1. The van der Waals surface area contributed by atoms with Crippen LogP contribution in [0.1, 0.15) is 94.1 Å². The molecule has 0 saturated carbocycles. The highest BCUT2D eigenvalue weighted by molar-refractivity contribution is 5.94. The van der Waals surface area contributed by atoms with Crippen molar-refractivity contribution in [2.45, 2.75) is 79.1 Å². The van der Waals surface area contributed by atoms with E-state index < -0.39 is 5.97 Å². The molecule has 1 aromatic carbocycles. The Morgan fingerprint density at radius 2 is 1.85 bits per heavy atom. The van der Waals surface area contributed by atoms with Crippen molar-refractivity contribution in [1.29, 1.82) is 0 Å². The fraction of sp³-hybridized carbons (Fsp3) is 0.522. The Bertz CT molecular complexity index is 710. The quantitative estimate of drug-likeness (QED) is 0.418. The number of phenols is 2. The molecule has 0 saturated heterocycles. The molecule has 0 aliphatic carbocycles. The van der Waals surface area contributed by atoms with E-state index in [-0.39, 0.29) is 28.5 Å². The molecule has 0 heterocycles. The molecule has 4 heteroatoms. The number of hydrogen-bond acceptors (Lipinski definition) is 3. The number of hydrogen-bond donors (Lipinski definition) is 3. The van der Waals surface area contributed by atoms with Gasteiger partial charge in [0.1, 0.15) is 17.1 Å². The largest absolute Gasteiger partial charge is 0.508 e. The van der Waals surface area contributed by atoms with Crippen LogP contribution in [0.4, 0.5) is 0 Å². The van der Waals surface area contributed by atoms with Crippen LogP contribution < -0.4 is 0 Å². The number of aromatic hydroxyl groups is 2. The van der Waals surface area contributed by atoms with Gasteiger partial charge < -0.3 is 15.3 Å². The third kappa shape index (κ3) is 6.78. The minimum atomic E-state index is -1.16. The Morgan fingerprint density at radius 3 is 2.41 bits per heavy atom. The summed E-state index contributed by atoms with van der Waals surface area (Å²) >= 11 is 0. The summed E-state index contributed by atoms with van der Waals surface area (Å²) in [7, 11) is 0. The van der Waals surface area contributed by atoms with Crippen molar-refractivity contribution in [1.82, 2.24) is 0 Å². The van der Waals surface area contributed by atoms with Crippen LogP contribution in [0.25, 0.3) is 0 Å². The fourth-order valence-electron chi connectivity index (χ4n) is 3.16. The lowest BCUT2D eigenvalue weighted by atomic mass is 9.88. The van der Waals surface area contributed by atoms with Crippen LogP contribution in [0, 0.1) is 0 Å². The third-order valence-electron chi connectivity index (χ3n) is 4.89. The van der Waals surface area contributed by atoms with Gasteiger partial charge in [-0.05, 0) is 64.0 Å². The van der Waals surface area contributed by atoms with Crippen molar-refractivity contribution in [3.63, 3.8) is 0 Å². The number of carbonyl (C=O) groups is 1. The van der Waals surface area contributed by atoms with Gasteiger partial charge in [-0.25, -0.2) is 4.79 Å². The van der Waals surface area contributed by atoms with Crippen LogP contribution in [0.5, 0.6) is 11.5 Å². The van der Waals surface area contributed by atoms with E-state index in [1.54, 1.807) is 0 Å². The van der Waals surface area contributed by atoms with E-state index >= 15 is 0 Å². The lowest BCUT2D eigenvalue weighted by Gasteiger charge is -2.18. The lowest BCUT2D eigenvalue weighted by Crippen LogP contribution is -2.08. The summed E-state index contributed by atoms with van der Waals surface area (Å²) in [6.07, 6.45) is 9.06. The fourth-order valence-corrected chi connectivity index (χ4v) is 3.16. The van der Waals surface area contributed by atoms with E-state index in [9.17, 15) is 20.1 Å². The van der Waals surface area contributed by atoms with Gasteiger partial charge in [-0.2, -0.15) is 0 Å². The Morgan fingerprint density at radius 1 is 1.19 bits per heavy atom. The molecule has 1 rings (SSSR count). The molecule has 0 bridgehead atoms. The van der Waals surface area contributed by atoms with Gasteiger partial charge in [0, 0.05) is 5.56 Å². The molecule has 0 amide bonds. The van der Waals surface area contributed by atoms with Gasteiger partial charge in [0.2, 0.25) is 0 Å². The lowest BCUT2D eigenvalue weighted by molar-refractivity contribution is 0.0691. The van der Waals surface area contributed by atoms with Crippen molar-refractivity contribution in [2.24, 2.45) is 0 Å². The molecule has 1 aromatic rings. The predicted octanol–water partition coefficient (Wildman–Crippen LogP) is 6.32. The minimum absolute atomic E-state index is 0.0378. The number of allylic oxidation sites excluding steroid dienone is 4. The Balaban J connectivity index is 3.13. The molecule has 0 aliphatic rings. The summed E-state index contributed by atoms with van der Waals surface area (Å²) in [6.45, 7) is 10.1. The Labute approximate surface area is 163 Å². The molecule has 4 nitrogen and oxygen atoms in total. The summed E-state index contributed by atoms with van der Waals surface area (Å²) in [6, 6.07) is 1.52. The van der Waals surface area contributed by atoms with E-state index in [1.807, 2.05) is 19.9 Å². The highest BCUT2D eigenvalue weighted by Crippen LogP contribution is 2.39. The third-order valence-corrected chi connectivity index (χ3v) is 4.89. The highest BCUT2D eigenvalue weighted by Gasteiger charge is 2.24. The van der Waals surface area contributed by atoms with Gasteiger partial charge in [0.25, 0.3) is 0 Å². The topological polar surface area (TPSA) is 77.8 Å². The highest BCUT2D eigenvalue weighted by atomic mass is 16.4. The summed E-state index contributed by atoms with van der Waals surface area (Å²) < 4.78 is 0. The summed E-state index contributed by atoms with van der Waals surface area (Å²) in [5.41, 5.74) is 3.11. The zero-order valence-corrected chi connectivity index (χ0v) is 17.3. The van der Waals surface area contributed by atoms with E-state index in [2.05, 4.69) is 26.8 Å². The molecule has 1 unspecified atom stereocenters. The number of carboxylic acid groups (broad SMARTS) is 1. The molecule has 0 spiro atoms. The zero-order chi connectivity index (χ0) is 20.6. The van der Waals surface area contributed by atoms with Gasteiger partial charge in [-0.3, -0.25) is 0 Å². The number of phenolic OH excluding ortho intramolecular Hbond substituents is 1. The molecule has 3 N–H and O–H groups in total. The minimum Gasteiger partial charge on any atom is -0.508 e. The molecule has 0 aromatic heterocycles. The van der Waals surface area contributed by atoms with Crippen molar-refractivity contribution in [2.75, 3.05) is 0 Å². The van der Waals surface area contributed by atoms with Crippen LogP contribution in [0.15, 0.2) is 29.4 Å². The van der Waals surface area contributed by atoms with Crippen LogP contribution in [0.3, 0.4) is 0 Å². The molecule has 0 fully saturated rings. The van der Waals surface area contributed by atoms with Gasteiger partial charge in [0.15, 0.2) is 0 Å². The van der Waals surface area contributed by atoms with Crippen molar-refractivity contribution < 1.29 is 20.1 Å². The van der Waals surface area contributed by atoms with Crippen molar-refractivity contribution >= 4 is 5.97 Å². The molecule has 0 aliphatic heterocycles. The maximum Gasteiger partial charge on any atom is 0.339 e. The smallest absolute Gasteiger partial charge is 0.339 e. The normalized spacial score (nSPS) is 12.7. The monoisotopic (exact) mass is 374 g/mol. The average molecular weight is 375 g/mol. The van der Waals surface area contributed by atoms with Crippen molar-refractivity contribution in [3.05, 3.63) is 46.1 Å². The predicted molar refractivity (Wildman–Crippen MR) is 111 cm³/mol. The van der Waals surface area contributed by atoms with Gasteiger partial charge in [-0.15, -0.1) is 0 Å². The summed E-state index contributed by atoms with van der Waals surface area (Å²) in [5, 5.41) is 30.6. The maximum atomic E-state index is 11.8. The molecular weight excluding hydrogens is 340 g/mol. The first-order valence-corrected chi connectivity index (χ1v) is 9.78. The number of rotatable bonds is 10. The van der Waals surface area contributed by atoms with E-state index in [0.29, 0.717) is 12.0 Å². The molecule has 0 radical (unpaired) electrons. The first-order chi connectivity index (χ1) is 12.7. The summed E-state index contributed by atoms with van der Waals surface area (Å²) in [4.78, 5) is 11.8. The molecule has 1 atom stereocenters. The van der Waals surface area contributed by atoms with E-state index in [0.717, 1.165) is 37.7 Å². The van der Waals surface area contributed by atoms with Crippen LogP contribution in [-0.2, 0) is 6.42 Å². The first-order valence-electron chi connectivity index (χ1n) is 9.78. The second kappa shape index (κ2) is 10.8. The molecular formula is C23H34O4. The number of unbranched alkanes of at least 4 members (excludes halogenated alkanes) is 1. The van der Waals surface area contributed by atoms with Gasteiger partial charge >= 0.3 is 5.97 Å². The second-order valence-electron chi connectivity index (χ2n) is 7.61. The standard InChI is InChI=1S/C23H34O4/c1-6-7-11-17(5)19-14-20(24)18(22(25)21(19)23(26)27)13-12-16(4)10-8-9-15(2)3/h9,12,14,17,24-25H,6-8,10-11,13H2,1-5H3,(H,26,27). The summed E-state index contributed by atoms with van der Waals surface area (Å²) in [5.74, 6) is -1.54. The molecule has 150 valence electrons. The van der Waals surface area contributed by atoms with E-state index in [4.69, 9.17) is 0 Å². The van der Waals surface area contributed by atoms with Crippen LogP contribution in [0.2, 0.25) is 0 Å². The SMILES string of the molecule is CCCCC(C)c1cc(O)c(CC=C(C)CCC=C(C)C)c(O)c1C(=O)O. The van der Waals surface area contributed by atoms with Crippen LogP contribution >= 0.6 is 0 Å². The molecule has 27 heavy (non-hydrogen) atoms. The zero-order valence-electron chi connectivity index (χ0n) is 17.3. The maximum absolute atomic E-state index is 11.8. The van der Waals surface area contributed by atoms with Crippen LogP contribution in [-0.4, -0.2) is 21.3 Å². The van der Waals surface area contributed by atoms with Gasteiger partial charge in [-0.1, -0.05) is 50.0 Å². The Kier molecular flexibility index (Phi) is 9.13. The second-order valence-corrected chi connectivity index (χ2v) is 7.61. The number of carboxylic acids is 1. The average Bonchev–Trinajstić information content (AvgIpc) is 2.58. The van der Waals surface area contributed by atoms with Gasteiger partial charge in [0.05, 0.1) is 0 Å². The first kappa shape index (κ1) is 22.8. The Hall–Kier alpha value is -2.23. The van der Waals surface area contributed by atoms with Crippen molar-refractivity contribution in [3.8, 4) is 11.5 Å².